The third-order valence-corrected chi connectivity index (χ3v) is 2.68. The predicted octanol–water partition coefficient (Wildman–Crippen LogP) is 1.63. The number of rotatable bonds is 9. The third-order valence-electron chi connectivity index (χ3n) is 2.68. The maximum atomic E-state index is 11.1. The van der Waals surface area contributed by atoms with Gasteiger partial charge in [0.25, 0.3) is 5.91 Å². The van der Waals surface area contributed by atoms with E-state index in [0.29, 0.717) is 24.3 Å². The van der Waals surface area contributed by atoms with Gasteiger partial charge >= 0.3 is 5.97 Å². The number of primary amides is 1. The van der Waals surface area contributed by atoms with E-state index in [4.69, 9.17) is 10.8 Å². The number of nitrogens with two attached hydrogens (primary N) is 1. The molecule has 0 atom stereocenters. The van der Waals surface area contributed by atoms with Crippen LogP contribution in [0.3, 0.4) is 0 Å². The van der Waals surface area contributed by atoms with Crippen molar-refractivity contribution in [2.24, 2.45) is 5.73 Å². The van der Waals surface area contributed by atoms with Gasteiger partial charge in [-0.3, -0.25) is 9.59 Å². The Balaban J connectivity index is 2.23. The van der Waals surface area contributed by atoms with Gasteiger partial charge in [0.1, 0.15) is 5.82 Å². The highest BCUT2D eigenvalue weighted by atomic mass is 16.4. The van der Waals surface area contributed by atoms with E-state index in [9.17, 15) is 9.59 Å². The maximum absolute atomic E-state index is 11.1. The Kier molecular flexibility index (Phi) is 6.35. The van der Waals surface area contributed by atoms with Crippen LogP contribution in [-0.2, 0) is 4.79 Å². The van der Waals surface area contributed by atoms with Crippen molar-refractivity contribution in [1.29, 1.82) is 0 Å². The molecule has 0 fully saturated rings. The van der Waals surface area contributed by atoms with Crippen LogP contribution in [0.25, 0.3) is 0 Å². The Labute approximate surface area is 112 Å². The van der Waals surface area contributed by atoms with Gasteiger partial charge in [-0.2, -0.15) is 0 Å². The molecule has 104 valence electrons. The van der Waals surface area contributed by atoms with Crippen LogP contribution in [0.4, 0.5) is 5.82 Å². The molecule has 0 aromatic carbocycles. The van der Waals surface area contributed by atoms with E-state index in [-0.39, 0.29) is 6.42 Å². The lowest BCUT2D eigenvalue weighted by atomic mass is 10.1. The molecule has 0 unspecified atom stereocenters. The van der Waals surface area contributed by atoms with Crippen molar-refractivity contribution in [3.05, 3.63) is 23.9 Å². The molecule has 0 spiro atoms. The van der Waals surface area contributed by atoms with Gasteiger partial charge in [-0.25, -0.2) is 4.98 Å². The molecule has 1 aromatic rings. The first-order chi connectivity index (χ1) is 9.11. The number of amides is 1. The number of carbonyl (C=O) groups excluding carboxylic acids is 1. The Hall–Kier alpha value is -2.11. The number of nitrogens with zero attached hydrogens (tertiary/aromatic N) is 1. The number of anilines is 1. The van der Waals surface area contributed by atoms with Crippen molar-refractivity contribution in [2.75, 3.05) is 11.9 Å². The molecule has 0 radical (unpaired) electrons. The van der Waals surface area contributed by atoms with Crippen LogP contribution in [0, 0.1) is 0 Å². The van der Waals surface area contributed by atoms with E-state index in [1.807, 2.05) is 0 Å². The number of carboxylic acids is 1. The molecule has 0 bridgehead atoms. The lowest BCUT2D eigenvalue weighted by Gasteiger charge is -2.08. The number of hydrogen-bond acceptors (Lipinski definition) is 4. The highest BCUT2D eigenvalue weighted by Gasteiger charge is 2.07. The summed E-state index contributed by atoms with van der Waals surface area (Å²) < 4.78 is 0. The van der Waals surface area contributed by atoms with Crippen molar-refractivity contribution in [2.45, 2.75) is 32.1 Å². The van der Waals surface area contributed by atoms with Gasteiger partial charge in [0, 0.05) is 19.2 Å². The van der Waals surface area contributed by atoms with Crippen molar-refractivity contribution >= 4 is 17.7 Å². The smallest absolute Gasteiger partial charge is 0.303 e. The minimum absolute atomic E-state index is 0.222. The van der Waals surface area contributed by atoms with Crippen LogP contribution in [0.2, 0.25) is 0 Å². The van der Waals surface area contributed by atoms with E-state index in [1.165, 1.54) is 0 Å². The monoisotopic (exact) mass is 265 g/mol. The van der Waals surface area contributed by atoms with E-state index < -0.39 is 11.9 Å². The molecule has 6 nitrogen and oxygen atoms in total. The lowest BCUT2D eigenvalue weighted by molar-refractivity contribution is -0.137. The van der Waals surface area contributed by atoms with Crippen molar-refractivity contribution < 1.29 is 14.7 Å². The number of unbranched alkanes of at least 4 members (excludes halogenated alkanes) is 3. The molecule has 0 aliphatic carbocycles. The first-order valence-electron chi connectivity index (χ1n) is 6.31. The van der Waals surface area contributed by atoms with Gasteiger partial charge in [0.2, 0.25) is 0 Å². The topological polar surface area (TPSA) is 105 Å². The zero-order valence-corrected chi connectivity index (χ0v) is 10.8. The summed E-state index contributed by atoms with van der Waals surface area (Å²) >= 11 is 0. The minimum atomic E-state index is -0.752. The van der Waals surface area contributed by atoms with E-state index in [2.05, 4.69) is 10.3 Å². The zero-order chi connectivity index (χ0) is 14.1. The SMILES string of the molecule is NC(=O)c1cccnc1NCCCCCCC(=O)O. The summed E-state index contributed by atoms with van der Waals surface area (Å²) in [6, 6.07) is 3.29. The van der Waals surface area contributed by atoms with Crippen LogP contribution in [-0.4, -0.2) is 28.5 Å². The highest BCUT2D eigenvalue weighted by molar-refractivity contribution is 5.97. The number of aromatic nitrogens is 1. The van der Waals surface area contributed by atoms with Crippen LogP contribution in [0.15, 0.2) is 18.3 Å². The fraction of sp³-hybridized carbons (Fsp3) is 0.462. The van der Waals surface area contributed by atoms with E-state index >= 15 is 0 Å². The molecule has 6 heteroatoms. The van der Waals surface area contributed by atoms with Gasteiger partial charge in [0.05, 0.1) is 5.56 Å². The minimum Gasteiger partial charge on any atom is -0.481 e. The van der Waals surface area contributed by atoms with Crippen LogP contribution in [0.1, 0.15) is 42.5 Å². The maximum Gasteiger partial charge on any atom is 0.303 e. The molecule has 19 heavy (non-hydrogen) atoms. The summed E-state index contributed by atoms with van der Waals surface area (Å²) in [5.74, 6) is -0.754. The molecule has 1 aromatic heterocycles. The van der Waals surface area contributed by atoms with E-state index in [0.717, 1.165) is 19.3 Å². The normalized spacial score (nSPS) is 10.1. The van der Waals surface area contributed by atoms with Gasteiger partial charge in [-0.15, -0.1) is 0 Å². The van der Waals surface area contributed by atoms with Gasteiger partial charge in [-0.05, 0) is 25.0 Å². The van der Waals surface area contributed by atoms with Gasteiger partial charge in [-0.1, -0.05) is 12.8 Å². The number of aliphatic carboxylic acids is 1. The fourth-order valence-corrected chi connectivity index (χ4v) is 1.71. The largest absolute Gasteiger partial charge is 0.481 e. The molecular weight excluding hydrogens is 246 g/mol. The Morgan fingerprint density at radius 2 is 2.00 bits per heavy atom. The zero-order valence-electron chi connectivity index (χ0n) is 10.8. The van der Waals surface area contributed by atoms with Crippen LogP contribution >= 0.6 is 0 Å². The second-order valence-electron chi connectivity index (χ2n) is 4.25. The molecule has 1 heterocycles. The number of hydrogen-bond donors (Lipinski definition) is 3. The number of carboxylic acid groups (broad SMARTS) is 1. The van der Waals surface area contributed by atoms with Crippen molar-refractivity contribution in [3.63, 3.8) is 0 Å². The predicted molar refractivity (Wildman–Crippen MR) is 72.0 cm³/mol. The molecule has 0 aliphatic heterocycles. The summed E-state index contributed by atoms with van der Waals surface area (Å²) in [5, 5.41) is 11.5. The summed E-state index contributed by atoms with van der Waals surface area (Å²) in [6.07, 6.45) is 5.25. The van der Waals surface area contributed by atoms with Crippen LogP contribution < -0.4 is 11.1 Å². The van der Waals surface area contributed by atoms with Gasteiger partial charge in [0.15, 0.2) is 0 Å². The second-order valence-corrected chi connectivity index (χ2v) is 4.25. The van der Waals surface area contributed by atoms with E-state index in [1.54, 1.807) is 18.3 Å². The Morgan fingerprint density at radius 1 is 1.26 bits per heavy atom. The fourth-order valence-electron chi connectivity index (χ4n) is 1.71. The molecule has 0 aliphatic rings. The highest BCUT2D eigenvalue weighted by Crippen LogP contribution is 2.11. The first-order valence-corrected chi connectivity index (χ1v) is 6.31. The molecule has 0 saturated carbocycles. The molecule has 0 saturated heterocycles. The molecule has 1 rings (SSSR count). The molecular formula is C13H19N3O3. The van der Waals surface area contributed by atoms with Crippen molar-refractivity contribution in [3.8, 4) is 0 Å². The summed E-state index contributed by atoms with van der Waals surface area (Å²) in [7, 11) is 0. The average molecular weight is 265 g/mol. The number of pyridine rings is 1. The third kappa shape index (κ3) is 5.85. The quantitative estimate of drug-likeness (QED) is 0.588. The summed E-state index contributed by atoms with van der Waals surface area (Å²) in [5.41, 5.74) is 5.62. The molecule has 1 amide bonds. The number of nitrogens with one attached hydrogen (secondary N) is 1. The lowest BCUT2D eigenvalue weighted by Crippen LogP contribution is -2.15. The second kappa shape index (κ2) is 8.07. The van der Waals surface area contributed by atoms with Crippen molar-refractivity contribution in [1.82, 2.24) is 4.98 Å². The average Bonchev–Trinajstić information content (AvgIpc) is 2.37. The standard InChI is InChI=1S/C13H19N3O3/c14-12(19)10-6-5-9-16-13(10)15-8-4-2-1-3-7-11(17)18/h5-6,9H,1-4,7-8H2,(H2,14,19)(H,15,16)(H,17,18). The molecule has 4 N–H and O–H groups in total. The summed E-state index contributed by atoms with van der Waals surface area (Å²) in [4.78, 5) is 25.5. The Bertz CT molecular complexity index is 435. The Morgan fingerprint density at radius 3 is 2.68 bits per heavy atom. The van der Waals surface area contributed by atoms with Gasteiger partial charge < -0.3 is 16.2 Å². The van der Waals surface area contributed by atoms with Crippen LogP contribution in [0.5, 0.6) is 0 Å². The first kappa shape index (κ1) is 14.9. The number of carbonyl (C=O) groups is 2. The summed E-state index contributed by atoms with van der Waals surface area (Å²) in [6.45, 7) is 0.685.